The lowest BCUT2D eigenvalue weighted by molar-refractivity contribution is 0.0827. The van der Waals surface area contributed by atoms with Crippen LogP contribution in [0, 0.1) is 0 Å². The van der Waals surface area contributed by atoms with Gasteiger partial charge in [0.25, 0.3) is 5.91 Å². The Bertz CT molecular complexity index is 443. The number of carbonyl (C=O) groups excluding carboxylic acids is 1. The first-order chi connectivity index (χ1) is 8.81. The highest BCUT2D eigenvalue weighted by Gasteiger charge is 2.11. The van der Waals surface area contributed by atoms with Gasteiger partial charge in [-0.3, -0.25) is 4.79 Å². The number of nitrogens with two attached hydrogens (primary N) is 1. The van der Waals surface area contributed by atoms with Crippen LogP contribution in [0.2, 0.25) is 0 Å². The molecule has 5 heteroatoms. The van der Waals surface area contributed by atoms with Gasteiger partial charge in [-0.25, -0.2) is 0 Å². The molecule has 0 radical (unpaired) electrons. The SMILES string of the molecule is CC(CN(C)C)Nc1ccc(C(=O)N(C)C)cc1N. The maximum absolute atomic E-state index is 11.8. The van der Waals surface area contributed by atoms with Crippen LogP contribution >= 0.6 is 0 Å². The Kier molecular flexibility index (Phi) is 5.18. The van der Waals surface area contributed by atoms with Crippen LogP contribution in [-0.2, 0) is 0 Å². The van der Waals surface area contributed by atoms with E-state index >= 15 is 0 Å². The van der Waals surface area contributed by atoms with Gasteiger partial charge in [-0.15, -0.1) is 0 Å². The molecule has 3 N–H and O–H groups in total. The molecular weight excluding hydrogens is 240 g/mol. The average molecular weight is 264 g/mol. The molecule has 1 rings (SSSR count). The second-order valence-electron chi connectivity index (χ2n) is 5.31. The summed E-state index contributed by atoms with van der Waals surface area (Å²) in [7, 11) is 7.51. The Morgan fingerprint density at radius 2 is 1.95 bits per heavy atom. The summed E-state index contributed by atoms with van der Waals surface area (Å²) in [5, 5.41) is 3.35. The predicted octanol–water partition coefficient (Wildman–Crippen LogP) is 1.33. The molecule has 0 aliphatic rings. The molecular formula is C14H24N4O. The fourth-order valence-electron chi connectivity index (χ4n) is 1.94. The molecule has 0 bridgehead atoms. The zero-order chi connectivity index (χ0) is 14.6. The van der Waals surface area contributed by atoms with Crippen molar-refractivity contribution in [2.24, 2.45) is 0 Å². The van der Waals surface area contributed by atoms with Crippen LogP contribution in [-0.4, -0.2) is 56.5 Å². The molecule has 106 valence electrons. The Hall–Kier alpha value is -1.75. The lowest BCUT2D eigenvalue weighted by Gasteiger charge is -2.21. The zero-order valence-corrected chi connectivity index (χ0v) is 12.4. The van der Waals surface area contributed by atoms with Gasteiger partial charge in [0.1, 0.15) is 0 Å². The summed E-state index contributed by atoms with van der Waals surface area (Å²) in [6.45, 7) is 3.01. The van der Waals surface area contributed by atoms with Crippen molar-refractivity contribution >= 4 is 17.3 Å². The summed E-state index contributed by atoms with van der Waals surface area (Å²) in [5.74, 6) is -0.0420. The van der Waals surface area contributed by atoms with Gasteiger partial charge in [-0.2, -0.15) is 0 Å². The van der Waals surface area contributed by atoms with Crippen LogP contribution < -0.4 is 11.1 Å². The Morgan fingerprint density at radius 1 is 1.32 bits per heavy atom. The van der Waals surface area contributed by atoms with E-state index in [0.29, 0.717) is 11.3 Å². The van der Waals surface area contributed by atoms with Crippen molar-refractivity contribution in [1.29, 1.82) is 0 Å². The van der Waals surface area contributed by atoms with E-state index in [2.05, 4.69) is 17.1 Å². The predicted molar refractivity (Wildman–Crippen MR) is 80.5 cm³/mol. The largest absolute Gasteiger partial charge is 0.397 e. The summed E-state index contributed by atoms with van der Waals surface area (Å²) < 4.78 is 0. The molecule has 1 amide bonds. The smallest absolute Gasteiger partial charge is 0.253 e. The zero-order valence-electron chi connectivity index (χ0n) is 12.4. The van der Waals surface area contributed by atoms with Gasteiger partial charge in [-0.1, -0.05) is 0 Å². The second-order valence-corrected chi connectivity index (χ2v) is 5.31. The molecule has 0 fully saturated rings. The molecule has 0 spiro atoms. The number of nitrogens with zero attached hydrogens (tertiary/aromatic N) is 2. The third-order valence-corrected chi connectivity index (χ3v) is 2.75. The second kappa shape index (κ2) is 6.43. The summed E-state index contributed by atoms with van der Waals surface area (Å²) in [6.07, 6.45) is 0. The number of amides is 1. The van der Waals surface area contributed by atoms with Gasteiger partial charge in [0, 0.05) is 32.2 Å². The van der Waals surface area contributed by atoms with Crippen LogP contribution in [0.5, 0.6) is 0 Å². The van der Waals surface area contributed by atoms with Crippen molar-refractivity contribution in [2.75, 3.05) is 45.8 Å². The highest BCUT2D eigenvalue weighted by Crippen LogP contribution is 2.21. The van der Waals surface area contributed by atoms with Gasteiger partial charge in [0.05, 0.1) is 11.4 Å². The van der Waals surface area contributed by atoms with Crippen LogP contribution in [0.15, 0.2) is 18.2 Å². The molecule has 0 aliphatic heterocycles. The molecule has 0 aromatic heterocycles. The first-order valence-corrected chi connectivity index (χ1v) is 6.33. The topological polar surface area (TPSA) is 61.6 Å². The maximum Gasteiger partial charge on any atom is 0.253 e. The van der Waals surface area contributed by atoms with Gasteiger partial charge in [-0.05, 0) is 39.2 Å². The summed E-state index contributed by atoms with van der Waals surface area (Å²) in [5.41, 5.74) is 8.06. The fourth-order valence-corrected chi connectivity index (χ4v) is 1.94. The number of anilines is 2. The van der Waals surface area contributed by atoms with E-state index < -0.39 is 0 Å². The maximum atomic E-state index is 11.8. The standard InChI is InChI=1S/C14H24N4O/c1-10(9-17(2)3)16-13-7-6-11(8-12(13)15)14(19)18(4)5/h6-8,10,16H,9,15H2,1-5H3. The third-order valence-electron chi connectivity index (χ3n) is 2.75. The van der Waals surface area contributed by atoms with E-state index in [1.54, 1.807) is 26.2 Å². The van der Waals surface area contributed by atoms with Crippen LogP contribution in [0.1, 0.15) is 17.3 Å². The van der Waals surface area contributed by atoms with Crippen molar-refractivity contribution < 1.29 is 4.79 Å². The van der Waals surface area contributed by atoms with Crippen molar-refractivity contribution in [3.8, 4) is 0 Å². The molecule has 0 saturated carbocycles. The highest BCUT2D eigenvalue weighted by molar-refractivity contribution is 5.95. The van der Waals surface area contributed by atoms with Crippen LogP contribution in [0.25, 0.3) is 0 Å². The van der Waals surface area contributed by atoms with E-state index in [4.69, 9.17) is 5.73 Å². The summed E-state index contributed by atoms with van der Waals surface area (Å²) in [4.78, 5) is 15.5. The van der Waals surface area contributed by atoms with Crippen molar-refractivity contribution in [2.45, 2.75) is 13.0 Å². The number of hydrogen-bond acceptors (Lipinski definition) is 4. The Balaban J connectivity index is 2.80. The number of rotatable bonds is 5. The molecule has 5 nitrogen and oxygen atoms in total. The van der Waals surface area contributed by atoms with Crippen molar-refractivity contribution in [3.63, 3.8) is 0 Å². The molecule has 0 aliphatic carbocycles. The summed E-state index contributed by atoms with van der Waals surface area (Å²) >= 11 is 0. The number of nitrogens with one attached hydrogen (secondary N) is 1. The lowest BCUT2D eigenvalue weighted by Crippen LogP contribution is -2.30. The van der Waals surface area contributed by atoms with Crippen LogP contribution in [0.3, 0.4) is 0 Å². The summed E-state index contributed by atoms with van der Waals surface area (Å²) in [6, 6.07) is 5.65. The number of carbonyl (C=O) groups is 1. The number of nitrogen functional groups attached to an aromatic ring is 1. The van der Waals surface area contributed by atoms with Gasteiger partial charge in [0.15, 0.2) is 0 Å². The Labute approximate surface area is 115 Å². The highest BCUT2D eigenvalue weighted by atomic mass is 16.2. The van der Waals surface area contributed by atoms with E-state index in [-0.39, 0.29) is 11.9 Å². The average Bonchev–Trinajstić information content (AvgIpc) is 2.29. The minimum atomic E-state index is -0.0420. The molecule has 19 heavy (non-hydrogen) atoms. The molecule has 0 heterocycles. The number of benzene rings is 1. The van der Waals surface area contributed by atoms with E-state index in [9.17, 15) is 4.79 Å². The molecule has 1 aromatic rings. The first-order valence-electron chi connectivity index (χ1n) is 6.33. The molecule has 1 aromatic carbocycles. The minimum absolute atomic E-state index is 0.0420. The number of hydrogen-bond donors (Lipinski definition) is 2. The quantitative estimate of drug-likeness (QED) is 0.788. The lowest BCUT2D eigenvalue weighted by atomic mass is 10.1. The van der Waals surface area contributed by atoms with Crippen LogP contribution in [0.4, 0.5) is 11.4 Å². The van der Waals surface area contributed by atoms with Gasteiger partial charge in [0.2, 0.25) is 0 Å². The Morgan fingerprint density at radius 3 is 2.42 bits per heavy atom. The van der Waals surface area contributed by atoms with E-state index in [1.807, 2.05) is 20.2 Å². The monoisotopic (exact) mass is 264 g/mol. The minimum Gasteiger partial charge on any atom is -0.397 e. The first kappa shape index (κ1) is 15.3. The number of likely N-dealkylation sites (N-methyl/N-ethyl adjacent to an activating group) is 1. The fraction of sp³-hybridized carbons (Fsp3) is 0.500. The molecule has 0 saturated heterocycles. The normalized spacial score (nSPS) is 12.3. The van der Waals surface area contributed by atoms with E-state index in [1.165, 1.54) is 4.90 Å². The van der Waals surface area contributed by atoms with Crippen molar-refractivity contribution in [3.05, 3.63) is 23.8 Å². The molecule has 1 atom stereocenters. The van der Waals surface area contributed by atoms with Gasteiger partial charge < -0.3 is 20.9 Å². The third kappa shape index (κ3) is 4.44. The van der Waals surface area contributed by atoms with Crippen molar-refractivity contribution in [1.82, 2.24) is 9.80 Å². The molecule has 1 unspecified atom stereocenters. The van der Waals surface area contributed by atoms with E-state index in [0.717, 1.165) is 12.2 Å². The van der Waals surface area contributed by atoms with Gasteiger partial charge >= 0.3 is 0 Å².